The molecule has 9 heteroatoms. The predicted molar refractivity (Wildman–Crippen MR) is 112 cm³/mol. The largest absolute Gasteiger partial charge is 0.467 e. The Balaban J connectivity index is 1.51. The van der Waals surface area contributed by atoms with Gasteiger partial charge in [0.05, 0.1) is 12.9 Å². The van der Waals surface area contributed by atoms with Crippen molar-refractivity contribution in [2.24, 2.45) is 10.9 Å². The first-order chi connectivity index (χ1) is 14.6. The van der Waals surface area contributed by atoms with Crippen molar-refractivity contribution < 1.29 is 18.7 Å². The van der Waals surface area contributed by atoms with Crippen molar-refractivity contribution in [3.63, 3.8) is 0 Å². The number of carbonyl (C=O) groups excluding carboxylic acids is 2. The number of rotatable bonds is 4. The van der Waals surface area contributed by atoms with Gasteiger partial charge in [-0.1, -0.05) is 11.6 Å². The lowest BCUT2D eigenvalue weighted by atomic mass is 9.95. The maximum atomic E-state index is 12.8. The number of nitrogens with zero attached hydrogens (tertiary/aromatic N) is 3. The molecular formula is C21H23ClN4O4. The van der Waals surface area contributed by atoms with E-state index in [1.54, 1.807) is 19.1 Å². The van der Waals surface area contributed by atoms with Crippen LogP contribution >= 0.6 is 11.6 Å². The second kappa shape index (κ2) is 8.79. The van der Waals surface area contributed by atoms with Gasteiger partial charge in [0.25, 0.3) is 0 Å². The normalized spacial score (nSPS) is 21.8. The number of aliphatic imine (C=N–C) groups is 1. The highest BCUT2D eigenvalue weighted by Gasteiger charge is 2.43. The van der Waals surface area contributed by atoms with E-state index in [0.29, 0.717) is 29.8 Å². The van der Waals surface area contributed by atoms with E-state index in [-0.39, 0.29) is 6.61 Å². The summed E-state index contributed by atoms with van der Waals surface area (Å²) in [5, 5.41) is 3.49. The SMILES string of the molecule is CCOC(=O)[C@H]1C(=O)NC(N2CCN(c3ccc(Cl)cc3)CC2)=N[C@@H]1c1ccco1. The van der Waals surface area contributed by atoms with Crippen LogP contribution in [-0.2, 0) is 14.3 Å². The third kappa shape index (κ3) is 4.14. The van der Waals surface area contributed by atoms with Gasteiger partial charge in [-0.2, -0.15) is 0 Å². The fourth-order valence-corrected chi connectivity index (χ4v) is 3.84. The first-order valence-corrected chi connectivity index (χ1v) is 10.3. The van der Waals surface area contributed by atoms with Crippen LogP contribution in [0.15, 0.2) is 52.1 Å². The number of benzene rings is 1. The summed E-state index contributed by atoms with van der Waals surface area (Å²) in [5.41, 5.74) is 1.10. The zero-order chi connectivity index (χ0) is 21.1. The van der Waals surface area contributed by atoms with Gasteiger partial charge in [-0.05, 0) is 43.3 Å². The highest BCUT2D eigenvalue weighted by Crippen LogP contribution is 2.31. The van der Waals surface area contributed by atoms with Gasteiger partial charge in [0.1, 0.15) is 11.8 Å². The van der Waals surface area contributed by atoms with Gasteiger partial charge in [0.2, 0.25) is 11.9 Å². The summed E-state index contributed by atoms with van der Waals surface area (Å²) in [6, 6.07) is 10.4. The lowest BCUT2D eigenvalue weighted by Crippen LogP contribution is -2.57. The Kier molecular flexibility index (Phi) is 5.94. The number of carbonyl (C=O) groups is 2. The van der Waals surface area contributed by atoms with E-state index in [4.69, 9.17) is 20.8 Å². The quantitative estimate of drug-likeness (QED) is 0.592. The Morgan fingerprint density at radius 1 is 1.20 bits per heavy atom. The molecule has 0 radical (unpaired) electrons. The number of guanidine groups is 1. The lowest BCUT2D eigenvalue weighted by molar-refractivity contribution is -0.153. The molecule has 1 saturated heterocycles. The highest BCUT2D eigenvalue weighted by molar-refractivity contribution is 6.30. The van der Waals surface area contributed by atoms with Crippen molar-refractivity contribution in [1.29, 1.82) is 0 Å². The summed E-state index contributed by atoms with van der Waals surface area (Å²) in [6.07, 6.45) is 1.50. The maximum Gasteiger partial charge on any atom is 0.321 e. The van der Waals surface area contributed by atoms with Crippen LogP contribution in [0.2, 0.25) is 5.02 Å². The van der Waals surface area contributed by atoms with Crippen LogP contribution in [0.5, 0.6) is 0 Å². The van der Waals surface area contributed by atoms with Crippen molar-refractivity contribution in [2.75, 3.05) is 37.7 Å². The van der Waals surface area contributed by atoms with E-state index >= 15 is 0 Å². The minimum Gasteiger partial charge on any atom is -0.467 e. The number of hydrogen-bond donors (Lipinski definition) is 1. The van der Waals surface area contributed by atoms with Gasteiger partial charge in [-0.15, -0.1) is 0 Å². The molecule has 1 aromatic carbocycles. The third-order valence-electron chi connectivity index (χ3n) is 5.24. The van der Waals surface area contributed by atoms with Crippen molar-refractivity contribution >= 4 is 35.1 Å². The topological polar surface area (TPSA) is 87.4 Å². The average molecular weight is 431 g/mol. The van der Waals surface area contributed by atoms with Crippen molar-refractivity contribution in [3.8, 4) is 0 Å². The first-order valence-electron chi connectivity index (χ1n) is 9.91. The molecule has 4 rings (SSSR count). The summed E-state index contributed by atoms with van der Waals surface area (Å²) in [4.78, 5) is 34.1. The first kappa shape index (κ1) is 20.3. The van der Waals surface area contributed by atoms with E-state index in [1.807, 2.05) is 29.2 Å². The molecule has 1 amide bonds. The highest BCUT2D eigenvalue weighted by atomic mass is 35.5. The minimum atomic E-state index is -1.07. The summed E-state index contributed by atoms with van der Waals surface area (Å²) >= 11 is 5.98. The number of ether oxygens (including phenoxy) is 1. The minimum absolute atomic E-state index is 0.191. The lowest BCUT2D eigenvalue weighted by Gasteiger charge is -2.39. The molecule has 2 atom stereocenters. The van der Waals surface area contributed by atoms with E-state index in [1.165, 1.54) is 6.26 Å². The molecule has 2 aromatic rings. The number of hydrogen-bond acceptors (Lipinski definition) is 7. The maximum absolute atomic E-state index is 12.8. The number of esters is 1. The molecule has 30 heavy (non-hydrogen) atoms. The zero-order valence-corrected chi connectivity index (χ0v) is 17.3. The van der Waals surface area contributed by atoms with Gasteiger partial charge >= 0.3 is 5.97 Å². The van der Waals surface area contributed by atoms with Gasteiger partial charge in [0.15, 0.2) is 5.92 Å². The van der Waals surface area contributed by atoms with Crippen molar-refractivity contribution in [3.05, 3.63) is 53.4 Å². The number of piperazine rings is 1. The molecule has 1 fully saturated rings. The van der Waals surface area contributed by atoms with E-state index in [2.05, 4.69) is 15.2 Å². The number of anilines is 1. The molecule has 1 aromatic heterocycles. The Hall–Kier alpha value is -3.00. The molecule has 3 heterocycles. The van der Waals surface area contributed by atoms with Gasteiger partial charge in [-0.3, -0.25) is 14.9 Å². The van der Waals surface area contributed by atoms with E-state index in [9.17, 15) is 9.59 Å². The van der Waals surface area contributed by atoms with Gasteiger partial charge in [-0.25, -0.2) is 4.99 Å². The Bertz CT molecular complexity index is 921. The molecule has 8 nitrogen and oxygen atoms in total. The Labute approximate surface area is 179 Å². The molecule has 0 bridgehead atoms. The molecule has 2 aliphatic heterocycles. The van der Waals surface area contributed by atoms with Crippen molar-refractivity contribution in [1.82, 2.24) is 10.2 Å². The molecule has 0 saturated carbocycles. The number of nitrogens with one attached hydrogen (secondary N) is 1. The summed E-state index contributed by atoms with van der Waals surface area (Å²) in [5.74, 6) is -1.19. The number of amides is 1. The number of furan rings is 1. The van der Waals surface area contributed by atoms with Crippen LogP contribution in [-0.4, -0.2) is 55.5 Å². The summed E-state index contributed by atoms with van der Waals surface area (Å²) in [6.45, 7) is 4.78. The molecule has 0 aliphatic carbocycles. The van der Waals surface area contributed by atoms with Crippen LogP contribution in [0.1, 0.15) is 18.7 Å². The molecule has 0 spiro atoms. The molecular weight excluding hydrogens is 408 g/mol. The van der Waals surface area contributed by atoms with Gasteiger partial charge < -0.3 is 19.0 Å². The Morgan fingerprint density at radius 3 is 2.53 bits per heavy atom. The van der Waals surface area contributed by atoms with Crippen LogP contribution in [0.4, 0.5) is 5.69 Å². The molecule has 2 aliphatic rings. The number of halogens is 1. The molecule has 158 valence electrons. The van der Waals surface area contributed by atoms with Crippen molar-refractivity contribution in [2.45, 2.75) is 13.0 Å². The van der Waals surface area contributed by atoms with Gasteiger partial charge in [0, 0.05) is 36.9 Å². The summed E-state index contributed by atoms with van der Waals surface area (Å²) in [7, 11) is 0. The standard InChI is InChI=1S/C21H23ClN4O4/c1-2-29-20(28)17-18(16-4-3-13-30-16)23-21(24-19(17)27)26-11-9-25(10-12-26)15-7-5-14(22)6-8-15/h3-8,13,17-18H,2,9-12H2,1H3,(H,23,24,27)/t17-,18-/m1/s1. The molecule has 1 N–H and O–H groups in total. The second-order valence-electron chi connectivity index (χ2n) is 7.08. The van der Waals surface area contributed by atoms with E-state index in [0.717, 1.165) is 18.8 Å². The van der Waals surface area contributed by atoms with Crippen LogP contribution in [0, 0.1) is 5.92 Å². The van der Waals surface area contributed by atoms with Crippen LogP contribution in [0.3, 0.4) is 0 Å². The van der Waals surface area contributed by atoms with Crippen LogP contribution in [0.25, 0.3) is 0 Å². The third-order valence-corrected chi connectivity index (χ3v) is 5.49. The summed E-state index contributed by atoms with van der Waals surface area (Å²) < 4.78 is 10.6. The smallest absolute Gasteiger partial charge is 0.321 e. The van der Waals surface area contributed by atoms with E-state index < -0.39 is 23.8 Å². The second-order valence-corrected chi connectivity index (χ2v) is 7.52. The molecule has 0 unspecified atom stereocenters. The average Bonchev–Trinajstić information content (AvgIpc) is 3.29. The zero-order valence-electron chi connectivity index (χ0n) is 16.6. The fourth-order valence-electron chi connectivity index (χ4n) is 3.71. The monoisotopic (exact) mass is 430 g/mol. The Morgan fingerprint density at radius 2 is 1.90 bits per heavy atom. The van der Waals surface area contributed by atoms with Crippen LogP contribution < -0.4 is 10.2 Å². The fraction of sp³-hybridized carbons (Fsp3) is 0.381. The predicted octanol–water partition coefficient (Wildman–Crippen LogP) is 2.46.